The van der Waals surface area contributed by atoms with Crippen molar-refractivity contribution in [1.82, 2.24) is 39.8 Å². The Labute approximate surface area is 156 Å². The number of aryl methyl sites for hydroxylation is 1. The van der Waals surface area contributed by atoms with Gasteiger partial charge in [-0.25, -0.2) is 14.8 Å². The predicted molar refractivity (Wildman–Crippen MR) is 97.4 cm³/mol. The first kappa shape index (κ1) is 17.1. The third-order valence-electron chi connectivity index (χ3n) is 4.40. The number of hydrogen-bond donors (Lipinski definition) is 2. The number of anilines is 1. The minimum atomic E-state index is -0.349. The molecule has 0 unspecified atom stereocenters. The second-order valence-corrected chi connectivity index (χ2v) is 6.67. The van der Waals surface area contributed by atoms with Gasteiger partial charge >= 0.3 is 6.03 Å². The van der Waals surface area contributed by atoms with Crippen LogP contribution >= 0.6 is 0 Å². The Bertz CT molecular complexity index is 945. The molecule has 0 saturated carbocycles. The lowest BCUT2D eigenvalue weighted by Crippen LogP contribution is -2.30. The molecule has 140 valence electrons. The van der Waals surface area contributed by atoms with E-state index in [0.717, 1.165) is 36.7 Å². The van der Waals surface area contributed by atoms with Gasteiger partial charge in [0.2, 0.25) is 0 Å². The van der Waals surface area contributed by atoms with Crippen LogP contribution in [0.4, 0.5) is 10.6 Å². The number of amides is 2. The van der Waals surface area contributed by atoms with E-state index < -0.39 is 0 Å². The summed E-state index contributed by atoms with van der Waals surface area (Å²) in [6.07, 6.45) is 5.27. The highest BCUT2D eigenvalue weighted by Crippen LogP contribution is 2.20. The lowest BCUT2D eigenvalue weighted by atomic mass is 10.1. The summed E-state index contributed by atoms with van der Waals surface area (Å²) in [7, 11) is 0. The minimum Gasteiger partial charge on any atom is -0.331 e. The number of rotatable bonds is 5. The quantitative estimate of drug-likeness (QED) is 0.708. The summed E-state index contributed by atoms with van der Waals surface area (Å²) in [5.74, 6) is 2.86. The van der Waals surface area contributed by atoms with Crippen molar-refractivity contribution in [2.24, 2.45) is 0 Å². The lowest BCUT2D eigenvalue weighted by Gasteiger charge is -2.09. The van der Waals surface area contributed by atoms with Crippen molar-refractivity contribution < 1.29 is 4.79 Å². The number of fused-ring (bicyclic) bond motifs is 1. The van der Waals surface area contributed by atoms with Gasteiger partial charge in [-0.05, 0) is 18.4 Å². The van der Waals surface area contributed by atoms with Crippen LogP contribution in [0.1, 0.15) is 43.5 Å². The molecule has 1 aliphatic rings. The number of carbonyl (C=O) groups excluding carboxylic acids is 1. The molecule has 0 saturated heterocycles. The van der Waals surface area contributed by atoms with Gasteiger partial charge in [0.25, 0.3) is 5.95 Å². The van der Waals surface area contributed by atoms with E-state index in [0.29, 0.717) is 18.3 Å². The van der Waals surface area contributed by atoms with Crippen LogP contribution in [0.5, 0.6) is 0 Å². The highest BCUT2D eigenvalue weighted by Gasteiger charge is 2.19. The summed E-state index contributed by atoms with van der Waals surface area (Å²) in [5.41, 5.74) is 0.841. The van der Waals surface area contributed by atoms with Crippen molar-refractivity contribution in [2.45, 2.75) is 45.7 Å². The van der Waals surface area contributed by atoms with Crippen molar-refractivity contribution in [2.75, 3.05) is 5.32 Å². The molecule has 2 N–H and O–H groups in total. The third kappa shape index (κ3) is 3.50. The van der Waals surface area contributed by atoms with Crippen LogP contribution in [-0.2, 0) is 19.5 Å². The van der Waals surface area contributed by atoms with Crippen molar-refractivity contribution in [1.29, 1.82) is 0 Å². The monoisotopic (exact) mass is 367 g/mol. The number of nitrogens with zero attached hydrogens (tertiary/aromatic N) is 7. The number of urea groups is 1. The lowest BCUT2D eigenvalue weighted by molar-refractivity contribution is 0.251. The Kier molecular flexibility index (Phi) is 4.53. The standard InChI is InChI=1S/C17H21N9O/c1-11(2)12-9-14(26(24-12)16-18-6-4-7-19-16)21-17(27)20-10-15-23-22-13-5-3-8-25(13)15/h4,6-7,9,11H,3,5,8,10H2,1-2H3,(H2,20,21,27). The Morgan fingerprint density at radius 3 is 2.85 bits per heavy atom. The molecule has 4 rings (SSSR count). The van der Waals surface area contributed by atoms with Crippen LogP contribution < -0.4 is 10.6 Å². The van der Waals surface area contributed by atoms with Crippen molar-refractivity contribution in [3.8, 4) is 5.95 Å². The van der Waals surface area contributed by atoms with Gasteiger partial charge in [0.05, 0.1) is 12.2 Å². The molecule has 0 fully saturated rings. The van der Waals surface area contributed by atoms with E-state index in [2.05, 4.69) is 40.5 Å². The van der Waals surface area contributed by atoms with Gasteiger partial charge in [-0.3, -0.25) is 5.32 Å². The first-order valence-electron chi connectivity index (χ1n) is 8.95. The molecule has 3 aromatic rings. The second kappa shape index (κ2) is 7.14. The number of carbonyl (C=O) groups is 1. The Morgan fingerprint density at radius 1 is 1.26 bits per heavy atom. The molecule has 1 aliphatic heterocycles. The van der Waals surface area contributed by atoms with E-state index in [1.807, 2.05) is 19.9 Å². The summed E-state index contributed by atoms with van der Waals surface area (Å²) < 4.78 is 3.59. The molecular weight excluding hydrogens is 346 g/mol. The van der Waals surface area contributed by atoms with Gasteiger partial charge in [0.15, 0.2) is 5.82 Å². The van der Waals surface area contributed by atoms with E-state index in [-0.39, 0.29) is 11.9 Å². The summed E-state index contributed by atoms with van der Waals surface area (Å²) in [6.45, 7) is 5.28. The average Bonchev–Trinajstić information content (AvgIpc) is 3.37. The molecule has 10 heteroatoms. The molecule has 3 aromatic heterocycles. The van der Waals surface area contributed by atoms with E-state index in [1.165, 1.54) is 4.68 Å². The largest absolute Gasteiger partial charge is 0.331 e. The zero-order valence-electron chi connectivity index (χ0n) is 15.3. The summed E-state index contributed by atoms with van der Waals surface area (Å²) in [5, 5.41) is 18.5. The molecule has 2 amide bonds. The van der Waals surface area contributed by atoms with Crippen LogP contribution in [0.25, 0.3) is 5.95 Å². The zero-order chi connectivity index (χ0) is 18.8. The predicted octanol–water partition coefficient (Wildman–Crippen LogP) is 1.65. The second-order valence-electron chi connectivity index (χ2n) is 6.67. The van der Waals surface area contributed by atoms with Crippen LogP contribution in [0.15, 0.2) is 24.5 Å². The number of aromatic nitrogens is 7. The van der Waals surface area contributed by atoms with Crippen molar-refractivity contribution in [3.05, 3.63) is 41.9 Å². The van der Waals surface area contributed by atoms with E-state index in [9.17, 15) is 4.79 Å². The van der Waals surface area contributed by atoms with Crippen LogP contribution in [0.3, 0.4) is 0 Å². The van der Waals surface area contributed by atoms with Gasteiger partial charge in [0.1, 0.15) is 11.6 Å². The van der Waals surface area contributed by atoms with Crippen molar-refractivity contribution >= 4 is 11.8 Å². The molecule has 0 spiro atoms. The fourth-order valence-electron chi connectivity index (χ4n) is 2.99. The molecule has 0 aliphatic carbocycles. The molecule has 0 aromatic carbocycles. The van der Waals surface area contributed by atoms with Crippen LogP contribution in [0.2, 0.25) is 0 Å². The van der Waals surface area contributed by atoms with Gasteiger partial charge in [-0.15, -0.1) is 10.2 Å². The summed E-state index contributed by atoms with van der Waals surface area (Å²) >= 11 is 0. The number of hydrogen-bond acceptors (Lipinski definition) is 6. The first-order chi connectivity index (χ1) is 13.1. The highest BCUT2D eigenvalue weighted by atomic mass is 16.2. The van der Waals surface area contributed by atoms with E-state index >= 15 is 0 Å². The van der Waals surface area contributed by atoms with E-state index in [4.69, 9.17) is 0 Å². The Hall–Kier alpha value is -3.30. The average molecular weight is 367 g/mol. The van der Waals surface area contributed by atoms with Crippen molar-refractivity contribution in [3.63, 3.8) is 0 Å². The van der Waals surface area contributed by atoms with Crippen LogP contribution in [-0.4, -0.2) is 40.5 Å². The first-order valence-corrected chi connectivity index (χ1v) is 8.95. The van der Waals surface area contributed by atoms with Gasteiger partial charge < -0.3 is 9.88 Å². The summed E-state index contributed by atoms with van der Waals surface area (Å²) in [6, 6.07) is 3.21. The third-order valence-corrected chi connectivity index (χ3v) is 4.40. The van der Waals surface area contributed by atoms with E-state index in [1.54, 1.807) is 18.5 Å². The fraction of sp³-hybridized carbons (Fsp3) is 0.412. The molecule has 4 heterocycles. The van der Waals surface area contributed by atoms with Gasteiger partial charge in [-0.2, -0.15) is 9.78 Å². The topological polar surface area (TPSA) is 115 Å². The Balaban J connectivity index is 1.48. The Morgan fingerprint density at radius 2 is 2.07 bits per heavy atom. The molecule has 0 bridgehead atoms. The normalized spacial score (nSPS) is 13.0. The maximum atomic E-state index is 12.4. The molecule has 10 nitrogen and oxygen atoms in total. The minimum absolute atomic E-state index is 0.206. The SMILES string of the molecule is CC(C)c1cc(NC(=O)NCc2nnc3n2CCC3)n(-c2ncccn2)n1. The maximum Gasteiger partial charge on any atom is 0.320 e. The number of nitrogens with one attached hydrogen (secondary N) is 2. The summed E-state index contributed by atoms with van der Waals surface area (Å²) in [4.78, 5) is 20.8. The van der Waals surface area contributed by atoms with Crippen LogP contribution in [0, 0.1) is 0 Å². The zero-order valence-corrected chi connectivity index (χ0v) is 15.3. The fourth-order valence-corrected chi connectivity index (χ4v) is 2.99. The highest BCUT2D eigenvalue weighted by molar-refractivity contribution is 5.88. The smallest absolute Gasteiger partial charge is 0.320 e. The van der Waals surface area contributed by atoms with Gasteiger partial charge in [-0.1, -0.05) is 13.8 Å². The molecular formula is C17H21N9O. The molecule has 0 atom stereocenters. The molecule has 27 heavy (non-hydrogen) atoms. The van der Waals surface area contributed by atoms with Gasteiger partial charge in [0, 0.05) is 31.4 Å². The molecule has 0 radical (unpaired) electrons. The maximum absolute atomic E-state index is 12.4.